The molecular weight excluding hydrogens is 359 g/mol. The van der Waals surface area contributed by atoms with Crippen LogP contribution in [0.25, 0.3) is 0 Å². The molecule has 0 aliphatic rings. The third-order valence-corrected chi connectivity index (χ3v) is 3.78. The molecule has 1 amide bonds. The lowest BCUT2D eigenvalue weighted by Crippen LogP contribution is -2.30. The van der Waals surface area contributed by atoms with Crippen molar-refractivity contribution in [2.45, 2.75) is 13.0 Å². The predicted octanol–water partition coefficient (Wildman–Crippen LogP) is 4.92. The molecule has 0 bridgehead atoms. The van der Waals surface area contributed by atoms with Crippen LogP contribution in [0.1, 0.15) is 12.5 Å². The zero-order chi connectivity index (χ0) is 17.0. The van der Waals surface area contributed by atoms with Crippen LogP contribution in [0.2, 0.25) is 15.1 Å². The van der Waals surface area contributed by atoms with Gasteiger partial charge in [0.25, 0.3) is 5.91 Å². The highest BCUT2D eigenvalue weighted by atomic mass is 35.5. The van der Waals surface area contributed by atoms with Gasteiger partial charge in [0.15, 0.2) is 6.10 Å². The molecular formula is C16H11Cl3N2O2. The number of ether oxygens (including phenoxy) is 1. The molecule has 2 aromatic carbocycles. The lowest BCUT2D eigenvalue weighted by Gasteiger charge is -2.16. The van der Waals surface area contributed by atoms with Crippen molar-refractivity contribution >= 4 is 46.4 Å². The summed E-state index contributed by atoms with van der Waals surface area (Å²) in [7, 11) is 0. The van der Waals surface area contributed by atoms with Crippen LogP contribution in [0.4, 0.5) is 5.69 Å². The molecule has 1 atom stereocenters. The number of hydrogen-bond donors (Lipinski definition) is 1. The molecule has 0 fully saturated rings. The normalized spacial score (nSPS) is 11.4. The maximum Gasteiger partial charge on any atom is 0.265 e. The summed E-state index contributed by atoms with van der Waals surface area (Å²) >= 11 is 17.9. The zero-order valence-corrected chi connectivity index (χ0v) is 14.2. The van der Waals surface area contributed by atoms with E-state index in [-0.39, 0.29) is 5.02 Å². The highest BCUT2D eigenvalue weighted by Crippen LogP contribution is 2.28. The smallest absolute Gasteiger partial charge is 0.265 e. The summed E-state index contributed by atoms with van der Waals surface area (Å²) in [4.78, 5) is 12.2. The molecule has 4 nitrogen and oxygen atoms in total. The molecule has 1 N–H and O–H groups in total. The molecule has 0 radical (unpaired) electrons. The highest BCUT2D eigenvalue weighted by Gasteiger charge is 2.17. The minimum Gasteiger partial charge on any atom is -0.479 e. The molecule has 23 heavy (non-hydrogen) atoms. The number of anilines is 1. The Balaban J connectivity index is 2.08. The van der Waals surface area contributed by atoms with Gasteiger partial charge in [0.2, 0.25) is 0 Å². The summed E-state index contributed by atoms with van der Waals surface area (Å²) in [5, 5.41) is 12.5. The van der Waals surface area contributed by atoms with E-state index in [9.17, 15) is 4.79 Å². The molecule has 2 aromatic rings. The Kier molecular flexibility index (Phi) is 5.73. The van der Waals surface area contributed by atoms with Crippen molar-refractivity contribution in [2.75, 3.05) is 5.32 Å². The first kappa shape index (κ1) is 17.4. The van der Waals surface area contributed by atoms with E-state index in [1.165, 1.54) is 12.1 Å². The zero-order valence-electron chi connectivity index (χ0n) is 11.9. The Hall–Kier alpha value is -1.93. The standard InChI is InChI=1S/C16H11Cl3N2O2/c1-9(23-15-5-2-10(8-20)6-13(15)19)16(22)21-14-7-11(17)3-4-12(14)18/h2-7,9H,1H3,(H,21,22)/t9-/m0/s1. The van der Waals surface area contributed by atoms with Gasteiger partial charge in [-0.2, -0.15) is 5.26 Å². The van der Waals surface area contributed by atoms with Crippen LogP contribution in [-0.4, -0.2) is 12.0 Å². The van der Waals surface area contributed by atoms with Crippen molar-refractivity contribution in [3.8, 4) is 11.8 Å². The molecule has 2 rings (SSSR count). The summed E-state index contributed by atoms with van der Waals surface area (Å²) in [5.74, 6) is -0.0971. The van der Waals surface area contributed by atoms with Gasteiger partial charge in [0, 0.05) is 5.02 Å². The van der Waals surface area contributed by atoms with Crippen LogP contribution in [0, 0.1) is 11.3 Å². The first-order valence-electron chi connectivity index (χ1n) is 6.53. The quantitative estimate of drug-likeness (QED) is 0.831. The number of rotatable bonds is 4. The van der Waals surface area contributed by atoms with Gasteiger partial charge in [-0.05, 0) is 43.3 Å². The number of nitrogens with zero attached hydrogens (tertiary/aromatic N) is 1. The predicted molar refractivity (Wildman–Crippen MR) is 91.3 cm³/mol. The van der Waals surface area contributed by atoms with Crippen molar-refractivity contribution < 1.29 is 9.53 Å². The second-order valence-electron chi connectivity index (χ2n) is 4.63. The van der Waals surface area contributed by atoms with Crippen molar-refractivity contribution in [1.82, 2.24) is 0 Å². The number of hydrogen-bond acceptors (Lipinski definition) is 3. The molecule has 0 aliphatic carbocycles. The van der Waals surface area contributed by atoms with Gasteiger partial charge in [-0.25, -0.2) is 0 Å². The van der Waals surface area contributed by atoms with E-state index >= 15 is 0 Å². The number of carbonyl (C=O) groups is 1. The maximum atomic E-state index is 12.2. The van der Waals surface area contributed by atoms with Crippen LogP contribution in [0.15, 0.2) is 36.4 Å². The van der Waals surface area contributed by atoms with Gasteiger partial charge in [-0.15, -0.1) is 0 Å². The fourth-order valence-corrected chi connectivity index (χ4v) is 2.30. The van der Waals surface area contributed by atoms with Gasteiger partial charge in [0.05, 0.1) is 27.4 Å². The average molecular weight is 370 g/mol. The van der Waals surface area contributed by atoms with Crippen LogP contribution in [0.5, 0.6) is 5.75 Å². The van der Waals surface area contributed by atoms with Crippen molar-refractivity contribution in [3.05, 3.63) is 57.0 Å². The lowest BCUT2D eigenvalue weighted by molar-refractivity contribution is -0.122. The Morgan fingerprint density at radius 1 is 1.17 bits per heavy atom. The van der Waals surface area contributed by atoms with E-state index in [0.29, 0.717) is 27.0 Å². The first-order chi connectivity index (χ1) is 10.9. The van der Waals surface area contributed by atoms with E-state index in [1.54, 1.807) is 31.2 Å². The van der Waals surface area contributed by atoms with E-state index in [0.717, 1.165) is 0 Å². The van der Waals surface area contributed by atoms with Crippen molar-refractivity contribution in [1.29, 1.82) is 5.26 Å². The third-order valence-electron chi connectivity index (χ3n) is 2.92. The average Bonchev–Trinajstić information content (AvgIpc) is 2.52. The highest BCUT2D eigenvalue weighted by molar-refractivity contribution is 6.35. The second kappa shape index (κ2) is 7.56. The first-order valence-corrected chi connectivity index (χ1v) is 7.66. The summed E-state index contributed by atoms with van der Waals surface area (Å²) < 4.78 is 5.52. The number of carbonyl (C=O) groups excluding carboxylic acids is 1. The van der Waals surface area contributed by atoms with E-state index in [1.807, 2.05) is 6.07 Å². The number of halogens is 3. The van der Waals surface area contributed by atoms with Crippen LogP contribution in [0.3, 0.4) is 0 Å². The largest absolute Gasteiger partial charge is 0.479 e. The maximum absolute atomic E-state index is 12.2. The Morgan fingerprint density at radius 2 is 1.91 bits per heavy atom. The van der Waals surface area contributed by atoms with E-state index in [4.69, 9.17) is 44.8 Å². The summed E-state index contributed by atoms with van der Waals surface area (Å²) in [6.45, 7) is 1.57. The molecule has 0 unspecified atom stereocenters. The molecule has 0 aliphatic heterocycles. The molecule has 0 aromatic heterocycles. The SMILES string of the molecule is C[C@H](Oc1ccc(C#N)cc1Cl)C(=O)Nc1cc(Cl)ccc1Cl. The third kappa shape index (κ3) is 4.52. The van der Waals surface area contributed by atoms with Crippen LogP contribution < -0.4 is 10.1 Å². The van der Waals surface area contributed by atoms with Crippen molar-refractivity contribution in [2.24, 2.45) is 0 Å². The Labute approximate surface area is 148 Å². The Morgan fingerprint density at radius 3 is 2.57 bits per heavy atom. The van der Waals surface area contributed by atoms with Crippen LogP contribution >= 0.6 is 34.8 Å². The summed E-state index contributed by atoms with van der Waals surface area (Å²) in [6.07, 6.45) is -0.824. The minimum atomic E-state index is -0.824. The van der Waals surface area contributed by atoms with Gasteiger partial charge in [-0.3, -0.25) is 4.79 Å². The lowest BCUT2D eigenvalue weighted by atomic mass is 10.2. The number of nitriles is 1. The summed E-state index contributed by atoms with van der Waals surface area (Å²) in [6, 6.07) is 11.3. The van der Waals surface area contributed by atoms with Gasteiger partial charge in [0.1, 0.15) is 5.75 Å². The van der Waals surface area contributed by atoms with Crippen LogP contribution in [-0.2, 0) is 4.79 Å². The molecule has 0 saturated carbocycles. The number of benzene rings is 2. The number of nitrogens with one attached hydrogen (secondary N) is 1. The minimum absolute atomic E-state index is 0.254. The van der Waals surface area contributed by atoms with E-state index in [2.05, 4.69) is 5.32 Å². The molecule has 0 spiro atoms. The molecule has 7 heteroatoms. The Bertz CT molecular complexity index is 787. The fraction of sp³-hybridized carbons (Fsp3) is 0.125. The van der Waals surface area contributed by atoms with Crippen molar-refractivity contribution in [3.63, 3.8) is 0 Å². The van der Waals surface area contributed by atoms with Gasteiger partial charge >= 0.3 is 0 Å². The van der Waals surface area contributed by atoms with E-state index < -0.39 is 12.0 Å². The molecule has 0 heterocycles. The monoisotopic (exact) mass is 368 g/mol. The van der Waals surface area contributed by atoms with Gasteiger partial charge in [-0.1, -0.05) is 34.8 Å². The molecule has 0 saturated heterocycles. The number of amides is 1. The summed E-state index contributed by atoms with van der Waals surface area (Å²) in [5.41, 5.74) is 0.802. The second-order valence-corrected chi connectivity index (χ2v) is 5.88. The molecule has 118 valence electrons. The fourth-order valence-electron chi connectivity index (χ4n) is 1.74. The topological polar surface area (TPSA) is 62.1 Å². The van der Waals surface area contributed by atoms with Gasteiger partial charge < -0.3 is 10.1 Å².